The van der Waals surface area contributed by atoms with E-state index in [2.05, 4.69) is 5.32 Å². The average Bonchev–Trinajstić information content (AvgIpc) is 2.96. The molecule has 1 aromatic rings. The Kier molecular flexibility index (Phi) is 2.84. The van der Waals surface area contributed by atoms with Crippen molar-refractivity contribution in [2.75, 3.05) is 0 Å². The largest absolute Gasteiger partial charge is 0.349 e. The average molecular weight is 247 g/mol. The molecule has 2 aliphatic rings. The third-order valence-corrected chi connectivity index (χ3v) is 4.32. The predicted octanol–water partition coefficient (Wildman–Crippen LogP) is 3.05. The number of amides is 1. The molecule has 2 fully saturated rings. The normalized spacial score (nSPS) is 30.7. The van der Waals surface area contributed by atoms with Crippen LogP contribution in [0.3, 0.4) is 0 Å². The molecule has 0 aromatic heterocycles. The lowest BCUT2D eigenvalue weighted by atomic mass is 10.0. The summed E-state index contributed by atoms with van der Waals surface area (Å²) in [5.74, 6) is 1.69. The van der Waals surface area contributed by atoms with Gasteiger partial charge in [-0.2, -0.15) is 0 Å². The molecular formula is C15H18FNO. The lowest BCUT2D eigenvalue weighted by molar-refractivity contribution is -0.125. The molecule has 0 spiro atoms. The van der Waals surface area contributed by atoms with Crippen molar-refractivity contribution in [1.29, 1.82) is 0 Å². The van der Waals surface area contributed by atoms with Gasteiger partial charge in [0.25, 0.3) is 0 Å². The van der Waals surface area contributed by atoms with Crippen molar-refractivity contribution in [2.45, 2.75) is 32.2 Å². The molecule has 0 radical (unpaired) electrons. The Morgan fingerprint density at radius 3 is 2.72 bits per heavy atom. The Morgan fingerprint density at radius 1 is 1.33 bits per heavy atom. The second-order valence-electron chi connectivity index (χ2n) is 5.71. The summed E-state index contributed by atoms with van der Waals surface area (Å²) in [5.41, 5.74) is 0.825. The van der Waals surface area contributed by atoms with Crippen LogP contribution in [0, 0.1) is 23.6 Å². The van der Waals surface area contributed by atoms with Crippen LogP contribution in [0.15, 0.2) is 24.3 Å². The van der Waals surface area contributed by atoms with Gasteiger partial charge in [0.1, 0.15) is 5.82 Å². The second kappa shape index (κ2) is 4.38. The fourth-order valence-electron chi connectivity index (χ4n) is 3.12. The summed E-state index contributed by atoms with van der Waals surface area (Å²) in [6.45, 7) is 1.91. The van der Waals surface area contributed by atoms with Gasteiger partial charge >= 0.3 is 0 Å². The Labute approximate surface area is 107 Å². The van der Waals surface area contributed by atoms with Gasteiger partial charge in [-0.1, -0.05) is 12.1 Å². The van der Waals surface area contributed by atoms with Gasteiger partial charge in [0.05, 0.1) is 6.04 Å². The monoisotopic (exact) mass is 247 g/mol. The molecule has 2 aliphatic carbocycles. The molecule has 0 bridgehead atoms. The molecule has 3 heteroatoms. The summed E-state index contributed by atoms with van der Waals surface area (Å²) in [6.07, 6.45) is 3.42. The summed E-state index contributed by atoms with van der Waals surface area (Å²) in [5, 5.41) is 3.00. The van der Waals surface area contributed by atoms with E-state index in [1.54, 1.807) is 6.07 Å². The van der Waals surface area contributed by atoms with E-state index in [0.29, 0.717) is 0 Å². The lowest BCUT2D eigenvalue weighted by Gasteiger charge is -2.18. The lowest BCUT2D eigenvalue weighted by Crippen LogP contribution is -2.32. The van der Waals surface area contributed by atoms with Gasteiger partial charge in [-0.3, -0.25) is 4.79 Å². The number of carbonyl (C=O) groups is 1. The molecule has 3 unspecified atom stereocenters. The van der Waals surface area contributed by atoms with E-state index in [9.17, 15) is 9.18 Å². The maximum absolute atomic E-state index is 13.1. The first-order valence-corrected chi connectivity index (χ1v) is 6.69. The molecule has 96 valence electrons. The first-order valence-electron chi connectivity index (χ1n) is 6.69. The quantitative estimate of drug-likeness (QED) is 0.874. The molecular weight excluding hydrogens is 229 g/mol. The minimum absolute atomic E-state index is 0.120. The van der Waals surface area contributed by atoms with Crippen LogP contribution in [-0.2, 0) is 4.79 Å². The summed E-state index contributed by atoms with van der Waals surface area (Å²) >= 11 is 0. The van der Waals surface area contributed by atoms with Crippen molar-refractivity contribution < 1.29 is 9.18 Å². The Bertz CT molecular complexity index is 463. The molecule has 3 atom stereocenters. The highest BCUT2D eigenvalue weighted by molar-refractivity contribution is 5.79. The van der Waals surface area contributed by atoms with Crippen LogP contribution >= 0.6 is 0 Å². The van der Waals surface area contributed by atoms with Crippen LogP contribution in [0.1, 0.15) is 37.8 Å². The van der Waals surface area contributed by atoms with E-state index in [0.717, 1.165) is 30.2 Å². The third kappa shape index (κ3) is 2.26. The fraction of sp³-hybridized carbons (Fsp3) is 0.533. The predicted molar refractivity (Wildman–Crippen MR) is 67.3 cm³/mol. The van der Waals surface area contributed by atoms with Gasteiger partial charge in [0, 0.05) is 5.92 Å². The molecule has 18 heavy (non-hydrogen) atoms. The maximum atomic E-state index is 13.1. The molecule has 2 saturated carbocycles. The zero-order chi connectivity index (χ0) is 12.7. The van der Waals surface area contributed by atoms with Gasteiger partial charge in [0.15, 0.2) is 0 Å². The smallest absolute Gasteiger partial charge is 0.223 e. The minimum Gasteiger partial charge on any atom is -0.349 e. The second-order valence-corrected chi connectivity index (χ2v) is 5.71. The highest BCUT2D eigenvalue weighted by Crippen LogP contribution is 2.54. The zero-order valence-corrected chi connectivity index (χ0v) is 10.5. The zero-order valence-electron chi connectivity index (χ0n) is 10.5. The summed E-state index contributed by atoms with van der Waals surface area (Å²) in [7, 11) is 0. The number of nitrogens with one attached hydrogen (secondary N) is 1. The topological polar surface area (TPSA) is 29.1 Å². The van der Waals surface area contributed by atoms with E-state index in [1.165, 1.54) is 18.6 Å². The van der Waals surface area contributed by atoms with Crippen molar-refractivity contribution in [1.82, 2.24) is 5.32 Å². The van der Waals surface area contributed by atoms with Crippen LogP contribution < -0.4 is 5.32 Å². The Morgan fingerprint density at radius 2 is 2.06 bits per heavy atom. The number of fused-ring (bicyclic) bond motifs is 1. The number of carbonyl (C=O) groups excluding carboxylic acids is 1. The molecule has 0 aliphatic heterocycles. The van der Waals surface area contributed by atoms with Gasteiger partial charge in [-0.15, -0.1) is 0 Å². The highest BCUT2D eigenvalue weighted by Gasteiger charge is 2.48. The van der Waals surface area contributed by atoms with Crippen molar-refractivity contribution in [2.24, 2.45) is 17.8 Å². The van der Waals surface area contributed by atoms with Gasteiger partial charge in [-0.25, -0.2) is 4.39 Å². The SMILES string of the molecule is CC(NC(=O)C1CC2CC2C1)c1cccc(F)c1. The molecule has 0 saturated heterocycles. The van der Waals surface area contributed by atoms with E-state index in [4.69, 9.17) is 0 Å². The van der Waals surface area contributed by atoms with Crippen LogP contribution in [0.25, 0.3) is 0 Å². The van der Waals surface area contributed by atoms with Crippen molar-refractivity contribution in [3.63, 3.8) is 0 Å². The molecule has 0 heterocycles. The van der Waals surface area contributed by atoms with E-state index in [-0.39, 0.29) is 23.7 Å². The minimum atomic E-state index is -0.254. The summed E-state index contributed by atoms with van der Waals surface area (Å²) in [4.78, 5) is 12.1. The van der Waals surface area contributed by atoms with Crippen LogP contribution in [0.5, 0.6) is 0 Å². The highest BCUT2D eigenvalue weighted by atomic mass is 19.1. The number of benzene rings is 1. The molecule has 1 amide bonds. The standard InChI is InChI=1S/C15H18FNO/c1-9(10-3-2-4-14(16)8-10)17-15(18)13-6-11-5-12(11)7-13/h2-4,8-9,11-13H,5-7H2,1H3,(H,17,18). The molecule has 1 N–H and O–H groups in total. The van der Waals surface area contributed by atoms with Crippen molar-refractivity contribution in [3.8, 4) is 0 Å². The molecule has 3 rings (SSSR count). The Hall–Kier alpha value is -1.38. The molecule has 1 aromatic carbocycles. The van der Waals surface area contributed by atoms with Crippen molar-refractivity contribution >= 4 is 5.91 Å². The van der Waals surface area contributed by atoms with E-state index < -0.39 is 0 Å². The number of halogens is 1. The third-order valence-electron chi connectivity index (χ3n) is 4.32. The van der Waals surface area contributed by atoms with Gasteiger partial charge in [0.2, 0.25) is 5.91 Å². The fourth-order valence-corrected chi connectivity index (χ4v) is 3.12. The van der Waals surface area contributed by atoms with Crippen molar-refractivity contribution in [3.05, 3.63) is 35.6 Å². The molecule has 2 nitrogen and oxygen atoms in total. The van der Waals surface area contributed by atoms with Crippen LogP contribution in [0.4, 0.5) is 4.39 Å². The number of hydrogen-bond donors (Lipinski definition) is 1. The number of hydrogen-bond acceptors (Lipinski definition) is 1. The maximum Gasteiger partial charge on any atom is 0.223 e. The first-order chi connectivity index (χ1) is 8.63. The first kappa shape index (κ1) is 11.7. The summed E-state index contributed by atoms with van der Waals surface area (Å²) in [6, 6.07) is 6.31. The van der Waals surface area contributed by atoms with E-state index >= 15 is 0 Å². The van der Waals surface area contributed by atoms with Crippen LogP contribution in [0.2, 0.25) is 0 Å². The van der Waals surface area contributed by atoms with Gasteiger partial charge < -0.3 is 5.32 Å². The Balaban J connectivity index is 1.60. The van der Waals surface area contributed by atoms with Crippen LogP contribution in [-0.4, -0.2) is 5.91 Å². The summed E-state index contributed by atoms with van der Waals surface area (Å²) < 4.78 is 13.1. The number of rotatable bonds is 3. The van der Waals surface area contributed by atoms with E-state index in [1.807, 2.05) is 13.0 Å². The van der Waals surface area contributed by atoms with Gasteiger partial charge in [-0.05, 0) is 55.7 Å².